The molecule has 3 heterocycles. The van der Waals surface area contributed by atoms with E-state index in [0.717, 1.165) is 31.4 Å². The maximum absolute atomic E-state index is 13.4. The van der Waals surface area contributed by atoms with Gasteiger partial charge in [-0.3, -0.25) is 14.3 Å². The summed E-state index contributed by atoms with van der Waals surface area (Å²) in [5.41, 5.74) is 0.107. The number of alkyl halides is 3. The molecule has 3 aromatic rings. The molecule has 1 aliphatic heterocycles. The van der Waals surface area contributed by atoms with Gasteiger partial charge in [-0.25, -0.2) is 0 Å². The van der Waals surface area contributed by atoms with Crippen molar-refractivity contribution >= 4 is 17.7 Å². The highest BCUT2D eigenvalue weighted by atomic mass is 32.2. The van der Waals surface area contributed by atoms with E-state index in [2.05, 4.69) is 15.2 Å². The van der Waals surface area contributed by atoms with Crippen molar-refractivity contribution in [1.82, 2.24) is 24.6 Å². The van der Waals surface area contributed by atoms with E-state index in [1.807, 2.05) is 18.7 Å². The minimum absolute atomic E-state index is 0.0128. The molecule has 174 valence electrons. The van der Waals surface area contributed by atoms with Crippen LogP contribution in [0, 0.1) is 0 Å². The van der Waals surface area contributed by atoms with Crippen LogP contribution in [0.2, 0.25) is 0 Å². The first-order valence-electron chi connectivity index (χ1n) is 10.7. The maximum Gasteiger partial charge on any atom is 0.416 e. The highest BCUT2D eigenvalue weighted by molar-refractivity contribution is 7.99. The molecule has 1 aliphatic rings. The Morgan fingerprint density at radius 3 is 2.55 bits per heavy atom. The fourth-order valence-electron chi connectivity index (χ4n) is 4.21. The van der Waals surface area contributed by atoms with Crippen molar-refractivity contribution in [3.8, 4) is 17.1 Å². The number of halogens is 3. The van der Waals surface area contributed by atoms with Gasteiger partial charge in [0.25, 0.3) is 0 Å². The van der Waals surface area contributed by atoms with Crippen molar-refractivity contribution in [2.24, 2.45) is 0 Å². The van der Waals surface area contributed by atoms with Gasteiger partial charge in [-0.15, -0.1) is 10.2 Å². The summed E-state index contributed by atoms with van der Waals surface area (Å²) >= 11 is 1.17. The van der Waals surface area contributed by atoms with Crippen molar-refractivity contribution in [2.75, 3.05) is 5.75 Å². The molecule has 10 heteroatoms. The second-order valence-corrected chi connectivity index (χ2v) is 9.09. The number of pyridine rings is 1. The largest absolute Gasteiger partial charge is 0.416 e. The summed E-state index contributed by atoms with van der Waals surface area (Å²) in [6.07, 6.45) is 1.72. The van der Waals surface area contributed by atoms with E-state index in [4.69, 9.17) is 0 Å². The number of aromatic nitrogens is 4. The molecular formula is C23H24F3N5OS. The van der Waals surface area contributed by atoms with Crippen LogP contribution >= 0.6 is 11.8 Å². The third-order valence-electron chi connectivity index (χ3n) is 5.79. The van der Waals surface area contributed by atoms with Crippen LogP contribution in [-0.2, 0) is 11.0 Å². The first kappa shape index (κ1) is 23.3. The Kier molecular flexibility index (Phi) is 6.73. The average molecular weight is 476 g/mol. The van der Waals surface area contributed by atoms with Crippen LogP contribution in [0.15, 0.2) is 53.9 Å². The summed E-state index contributed by atoms with van der Waals surface area (Å²) in [6, 6.07) is 8.80. The molecule has 1 aromatic carbocycles. The molecule has 0 radical (unpaired) electrons. The molecule has 6 nitrogen and oxygen atoms in total. The Bertz CT molecular complexity index is 1110. The molecule has 1 saturated heterocycles. The van der Waals surface area contributed by atoms with Gasteiger partial charge in [0.15, 0.2) is 11.0 Å². The second kappa shape index (κ2) is 9.54. The van der Waals surface area contributed by atoms with Crippen LogP contribution in [0.25, 0.3) is 17.1 Å². The molecular weight excluding hydrogens is 451 g/mol. The van der Waals surface area contributed by atoms with E-state index in [-0.39, 0.29) is 29.4 Å². The van der Waals surface area contributed by atoms with Crippen LogP contribution in [0.1, 0.15) is 38.7 Å². The number of rotatable bonds is 5. The predicted molar refractivity (Wildman–Crippen MR) is 120 cm³/mol. The van der Waals surface area contributed by atoms with E-state index < -0.39 is 11.7 Å². The number of likely N-dealkylation sites (tertiary alicyclic amines) is 1. The van der Waals surface area contributed by atoms with Crippen molar-refractivity contribution in [1.29, 1.82) is 0 Å². The Labute approximate surface area is 194 Å². The lowest BCUT2D eigenvalue weighted by Crippen LogP contribution is -2.48. The first-order chi connectivity index (χ1) is 15.8. The van der Waals surface area contributed by atoms with Crippen molar-refractivity contribution in [2.45, 2.75) is 56.5 Å². The zero-order chi connectivity index (χ0) is 23.6. The third-order valence-corrected chi connectivity index (χ3v) is 6.70. The lowest BCUT2D eigenvalue weighted by Gasteiger charge is -2.39. The van der Waals surface area contributed by atoms with Crippen molar-refractivity contribution in [3.63, 3.8) is 0 Å². The highest BCUT2D eigenvalue weighted by Crippen LogP contribution is 2.33. The van der Waals surface area contributed by atoms with Gasteiger partial charge >= 0.3 is 6.18 Å². The van der Waals surface area contributed by atoms with Crippen molar-refractivity contribution < 1.29 is 18.0 Å². The van der Waals surface area contributed by atoms with Gasteiger partial charge in [-0.2, -0.15) is 13.2 Å². The number of carbonyl (C=O) groups excluding carboxylic acids is 1. The third kappa shape index (κ3) is 5.05. The molecule has 1 amide bonds. The van der Waals surface area contributed by atoms with Gasteiger partial charge in [0.1, 0.15) is 0 Å². The van der Waals surface area contributed by atoms with E-state index in [9.17, 15) is 18.0 Å². The van der Waals surface area contributed by atoms with Crippen LogP contribution < -0.4 is 0 Å². The van der Waals surface area contributed by atoms with Crippen LogP contribution in [0.4, 0.5) is 13.2 Å². The van der Waals surface area contributed by atoms with Gasteiger partial charge in [-0.05, 0) is 63.4 Å². The number of hydrogen-bond acceptors (Lipinski definition) is 5. The van der Waals surface area contributed by atoms with Gasteiger partial charge in [-0.1, -0.05) is 17.8 Å². The molecule has 0 saturated carbocycles. The standard InChI is InChI=1S/C23H24F3N5OS/c1-15-6-3-7-16(2)30(15)20(32)14-33-22-29-28-21(17-8-5-11-27-13-17)31(22)19-10-4-9-18(12-19)23(24,25)26/h4-5,8-13,15-16H,3,6-7,14H2,1-2H3/t15-,16+. The number of thioether (sulfide) groups is 1. The molecule has 0 aliphatic carbocycles. The van der Waals surface area contributed by atoms with Crippen LogP contribution in [0.5, 0.6) is 0 Å². The Morgan fingerprint density at radius 1 is 1.12 bits per heavy atom. The first-order valence-corrected chi connectivity index (χ1v) is 11.7. The monoisotopic (exact) mass is 475 g/mol. The normalized spacial score (nSPS) is 19.0. The zero-order valence-electron chi connectivity index (χ0n) is 18.3. The summed E-state index contributed by atoms with van der Waals surface area (Å²) in [4.78, 5) is 19.0. The Morgan fingerprint density at radius 2 is 1.88 bits per heavy atom. The number of amides is 1. The number of hydrogen-bond donors (Lipinski definition) is 0. The lowest BCUT2D eigenvalue weighted by molar-refractivity contribution is -0.137. The number of benzene rings is 1. The van der Waals surface area contributed by atoms with Crippen LogP contribution in [-0.4, -0.2) is 48.4 Å². The molecule has 0 spiro atoms. The van der Waals surface area contributed by atoms with Gasteiger partial charge in [0, 0.05) is 30.0 Å². The summed E-state index contributed by atoms with van der Waals surface area (Å²) in [6.45, 7) is 4.09. The number of piperidine rings is 1. The quantitative estimate of drug-likeness (QED) is 0.473. The molecule has 2 aromatic heterocycles. The minimum Gasteiger partial charge on any atom is -0.337 e. The average Bonchev–Trinajstić information content (AvgIpc) is 3.22. The molecule has 2 atom stereocenters. The van der Waals surface area contributed by atoms with Crippen LogP contribution in [0.3, 0.4) is 0 Å². The summed E-state index contributed by atoms with van der Waals surface area (Å²) < 4.78 is 41.6. The minimum atomic E-state index is -4.48. The molecule has 0 bridgehead atoms. The Balaban J connectivity index is 1.68. The molecule has 33 heavy (non-hydrogen) atoms. The van der Waals surface area contributed by atoms with E-state index in [1.54, 1.807) is 35.2 Å². The van der Waals surface area contributed by atoms with Crippen molar-refractivity contribution in [3.05, 3.63) is 54.4 Å². The predicted octanol–water partition coefficient (Wildman–Crippen LogP) is 5.23. The van der Waals surface area contributed by atoms with Gasteiger partial charge < -0.3 is 4.90 Å². The molecule has 1 fully saturated rings. The van der Waals surface area contributed by atoms with Gasteiger partial charge in [0.05, 0.1) is 17.0 Å². The lowest BCUT2D eigenvalue weighted by atomic mass is 9.98. The summed E-state index contributed by atoms with van der Waals surface area (Å²) in [5, 5.41) is 8.78. The topological polar surface area (TPSA) is 63.9 Å². The fourth-order valence-corrected chi connectivity index (χ4v) is 5.03. The second-order valence-electron chi connectivity index (χ2n) is 8.15. The van der Waals surface area contributed by atoms with E-state index in [1.165, 1.54) is 17.8 Å². The Hall–Kier alpha value is -2.88. The maximum atomic E-state index is 13.4. The van der Waals surface area contributed by atoms with E-state index >= 15 is 0 Å². The zero-order valence-corrected chi connectivity index (χ0v) is 19.1. The summed E-state index contributed by atoms with van der Waals surface area (Å²) in [7, 11) is 0. The molecule has 0 unspecified atom stereocenters. The summed E-state index contributed by atoms with van der Waals surface area (Å²) in [5.74, 6) is 0.469. The fraction of sp³-hybridized carbons (Fsp3) is 0.391. The highest BCUT2D eigenvalue weighted by Gasteiger charge is 2.32. The molecule has 4 rings (SSSR count). The van der Waals surface area contributed by atoms with E-state index in [0.29, 0.717) is 16.5 Å². The SMILES string of the molecule is C[C@@H]1CCC[C@H](C)N1C(=O)CSc1nnc(-c2cccnc2)n1-c1cccc(C(F)(F)F)c1. The number of nitrogens with zero attached hydrogens (tertiary/aromatic N) is 5. The molecule has 0 N–H and O–H groups in total. The van der Waals surface area contributed by atoms with Gasteiger partial charge in [0.2, 0.25) is 5.91 Å². The smallest absolute Gasteiger partial charge is 0.337 e. The number of carbonyl (C=O) groups is 1.